The second-order valence-corrected chi connectivity index (χ2v) is 12.1. The molecule has 0 amide bonds. The predicted molar refractivity (Wildman–Crippen MR) is 125 cm³/mol. The average Bonchev–Trinajstić information content (AvgIpc) is 2.72. The summed E-state index contributed by atoms with van der Waals surface area (Å²) in [5.41, 5.74) is 2.33. The lowest BCUT2D eigenvalue weighted by Crippen LogP contribution is -2.52. The van der Waals surface area contributed by atoms with Gasteiger partial charge in [-0.1, -0.05) is 109 Å². The largest absolute Gasteiger partial charge is 0.112 e. The van der Waals surface area contributed by atoms with Gasteiger partial charge >= 0.3 is 0 Å². The van der Waals surface area contributed by atoms with Crippen molar-refractivity contribution in [2.45, 2.75) is 13.1 Å². The molecule has 132 valence electrons. The molecule has 1 heteroatoms. The molecule has 0 nitrogen and oxygen atoms in total. The van der Waals surface area contributed by atoms with Gasteiger partial charge in [0.15, 0.2) is 0 Å². The molecule has 0 saturated heterocycles. The molecule has 0 atom stereocenters. The lowest BCUT2D eigenvalue weighted by Gasteiger charge is -2.24. The maximum Gasteiger partial charge on any atom is 0.112 e. The number of fused-ring (bicyclic) bond motifs is 2. The van der Waals surface area contributed by atoms with Crippen molar-refractivity contribution in [2.24, 2.45) is 0 Å². The maximum atomic E-state index is 3.87. The third-order valence-electron chi connectivity index (χ3n) is 5.64. The fourth-order valence-electron chi connectivity index (χ4n) is 3.73. The Kier molecular flexibility index (Phi) is 4.33. The van der Waals surface area contributed by atoms with Crippen LogP contribution in [0, 0.1) is 0 Å². The van der Waals surface area contributed by atoms with Gasteiger partial charge in [0.05, 0.1) is 0 Å². The van der Waals surface area contributed by atoms with Crippen LogP contribution in [0.4, 0.5) is 0 Å². The zero-order valence-electron chi connectivity index (χ0n) is 16.0. The zero-order chi connectivity index (χ0) is 19.0. The number of rotatable bonds is 4. The summed E-state index contributed by atoms with van der Waals surface area (Å²) >= 11 is 0. The van der Waals surface area contributed by atoms with Crippen LogP contribution in [-0.4, -0.2) is 8.07 Å². The smallest absolute Gasteiger partial charge is 0.0985 e. The molecule has 0 aliphatic rings. The minimum absolute atomic E-state index is 1.17. The van der Waals surface area contributed by atoms with Gasteiger partial charge in [0, 0.05) is 0 Å². The fourth-order valence-corrected chi connectivity index (χ4v) is 6.09. The third kappa shape index (κ3) is 3.15. The predicted octanol–water partition coefficient (Wildman–Crippen LogP) is 6.10. The molecule has 0 radical (unpaired) electrons. The van der Waals surface area contributed by atoms with Crippen molar-refractivity contribution in [3.05, 3.63) is 97.1 Å². The molecule has 27 heavy (non-hydrogen) atoms. The van der Waals surface area contributed by atoms with E-state index in [2.05, 4.69) is 99.0 Å². The van der Waals surface area contributed by atoms with Crippen molar-refractivity contribution < 1.29 is 0 Å². The summed E-state index contributed by atoms with van der Waals surface area (Å²) in [7, 11) is -1.77. The fraction of sp³-hybridized carbons (Fsp3) is 0.0769. The summed E-state index contributed by atoms with van der Waals surface area (Å²) in [4.78, 5) is 0. The molecule has 0 spiro atoms. The molecular formula is C26H24Si. The molecular weight excluding hydrogens is 340 g/mol. The first-order valence-corrected chi connectivity index (χ1v) is 12.3. The highest BCUT2D eigenvalue weighted by Gasteiger charge is 2.26. The number of benzene rings is 4. The van der Waals surface area contributed by atoms with Crippen LogP contribution in [0.5, 0.6) is 0 Å². The van der Waals surface area contributed by atoms with E-state index in [4.69, 9.17) is 0 Å². The molecule has 0 unspecified atom stereocenters. The Bertz CT molecular complexity index is 1090. The molecule has 0 heterocycles. The third-order valence-corrected chi connectivity index (χ3v) is 9.15. The molecule has 4 aromatic rings. The van der Waals surface area contributed by atoms with E-state index in [9.17, 15) is 0 Å². The van der Waals surface area contributed by atoms with E-state index in [1.807, 2.05) is 12.2 Å². The van der Waals surface area contributed by atoms with Gasteiger partial charge in [0.25, 0.3) is 0 Å². The lowest BCUT2D eigenvalue weighted by atomic mass is 10.1. The Balaban J connectivity index is 1.79. The van der Waals surface area contributed by atoms with Gasteiger partial charge in [-0.05, 0) is 44.8 Å². The summed E-state index contributed by atoms with van der Waals surface area (Å²) < 4.78 is 0. The summed E-state index contributed by atoms with van der Waals surface area (Å²) in [6.45, 7) is 12.6. The minimum Gasteiger partial charge on any atom is -0.0985 e. The van der Waals surface area contributed by atoms with Crippen LogP contribution in [0.2, 0.25) is 13.1 Å². The summed E-state index contributed by atoms with van der Waals surface area (Å²) in [5, 5.41) is 8.07. The maximum absolute atomic E-state index is 3.87. The monoisotopic (exact) mass is 364 g/mol. The summed E-state index contributed by atoms with van der Waals surface area (Å²) in [6.07, 6.45) is 3.80. The van der Waals surface area contributed by atoms with Gasteiger partial charge in [-0.15, -0.1) is 0 Å². The number of hydrogen-bond donors (Lipinski definition) is 0. The first-order valence-electron chi connectivity index (χ1n) is 9.35. The van der Waals surface area contributed by atoms with E-state index >= 15 is 0 Å². The van der Waals surface area contributed by atoms with Gasteiger partial charge in [-0.3, -0.25) is 0 Å². The molecule has 0 fully saturated rings. The Labute approximate surface area is 162 Å². The molecule has 4 rings (SSSR count). The van der Waals surface area contributed by atoms with E-state index in [0.29, 0.717) is 0 Å². The van der Waals surface area contributed by atoms with Gasteiger partial charge in [0.2, 0.25) is 0 Å². The highest BCUT2D eigenvalue weighted by molar-refractivity contribution is 7.00. The van der Waals surface area contributed by atoms with Crippen molar-refractivity contribution >= 4 is 52.1 Å². The van der Waals surface area contributed by atoms with E-state index in [-0.39, 0.29) is 0 Å². The van der Waals surface area contributed by atoms with Crippen LogP contribution in [0.15, 0.2) is 86.0 Å². The van der Waals surface area contributed by atoms with Crippen LogP contribution < -0.4 is 10.4 Å². The van der Waals surface area contributed by atoms with Crippen LogP contribution in [0.3, 0.4) is 0 Å². The first kappa shape index (κ1) is 17.5. The highest BCUT2D eigenvalue weighted by atomic mass is 28.3. The number of hydrogen-bond acceptors (Lipinski definition) is 0. The molecule has 0 saturated carbocycles. The van der Waals surface area contributed by atoms with E-state index < -0.39 is 8.07 Å². The van der Waals surface area contributed by atoms with E-state index in [1.54, 1.807) is 0 Å². The molecule has 0 aliphatic carbocycles. The Morgan fingerprint density at radius 2 is 0.926 bits per heavy atom. The Hall–Kier alpha value is -2.90. The van der Waals surface area contributed by atoms with Gasteiger partial charge in [-0.2, -0.15) is 0 Å². The molecule has 4 aromatic carbocycles. The Morgan fingerprint density at radius 3 is 1.33 bits per heavy atom. The quantitative estimate of drug-likeness (QED) is 0.384. The topological polar surface area (TPSA) is 0 Å². The molecule has 0 aliphatic heterocycles. The van der Waals surface area contributed by atoms with Crippen molar-refractivity contribution in [2.75, 3.05) is 0 Å². The van der Waals surface area contributed by atoms with Crippen molar-refractivity contribution in [3.8, 4) is 0 Å². The standard InChI is InChI=1S/C26H24Si/c1-5-19-7-9-23-17-25(13-11-21(23)15-19)27(3,4)26-14-12-22-16-20(6-2)8-10-24(22)18-26/h5-18H,1-2H2,3-4H3. The van der Waals surface area contributed by atoms with Crippen LogP contribution in [0.1, 0.15) is 11.1 Å². The summed E-state index contributed by atoms with van der Waals surface area (Å²) in [6, 6.07) is 27.0. The molecule has 0 N–H and O–H groups in total. The van der Waals surface area contributed by atoms with Crippen molar-refractivity contribution in [1.29, 1.82) is 0 Å². The van der Waals surface area contributed by atoms with Crippen LogP contribution in [0.25, 0.3) is 33.7 Å². The molecule has 0 bridgehead atoms. The van der Waals surface area contributed by atoms with Crippen molar-refractivity contribution in [1.82, 2.24) is 0 Å². The minimum atomic E-state index is -1.77. The average molecular weight is 365 g/mol. The van der Waals surface area contributed by atoms with Gasteiger partial charge < -0.3 is 0 Å². The van der Waals surface area contributed by atoms with Crippen LogP contribution >= 0.6 is 0 Å². The molecule has 0 aromatic heterocycles. The first-order chi connectivity index (χ1) is 13.0. The normalized spacial score (nSPS) is 11.6. The SMILES string of the molecule is C=Cc1ccc2cc([Si](C)(C)c3ccc4cc(C=C)ccc4c3)ccc2c1. The second kappa shape index (κ2) is 6.68. The Morgan fingerprint density at radius 1 is 0.556 bits per heavy atom. The van der Waals surface area contributed by atoms with Gasteiger partial charge in [0.1, 0.15) is 8.07 Å². The zero-order valence-corrected chi connectivity index (χ0v) is 17.0. The van der Waals surface area contributed by atoms with Crippen LogP contribution in [-0.2, 0) is 0 Å². The van der Waals surface area contributed by atoms with Gasteiger partial charge in [-0.25, -0.2) is 0 Å². The second-order valence-electron chi connectivity index (χ2n) is 7.68. The van der Waals surface area contributed by atoms with E-state index in [1.165, 1.54) is 43.0 Å². The lowest BCUT2D eigenvalue weighted by molar-refractivity contribution is 1.69. The highest BCUT2D eigenvalue weighted by Crippen LogP contribution is 2.20. The van der Waals surface area contributed by atoms with E-state index in [0.717, 1.165) is 0 Å². The summed E-state index contributed by atoms with van der Waals surface area (Å²) in [5.74, 6) is 0. The van der Waals surface area contributed by atoms with Crippen molar-refractivity contribution in [3.63, 3.8) is 0 Å².